The molecular formula is C14H13N5O2S. The lowest BCUT2D eigenvalue weighted by atomic mass is 9.99. The molecule has 0 spiro atoms. The molecule has 0 atom stereocenters. The molecule has 3 aromatic rings. The quantitative estimate of drug-likeness (QED) is 0.750. The van der Waals surface area contributed by atoms with Crippen LogP contribution in [-0.4, -0.2) is 49.2 Å². The number of aryl methyl sites for hydroxylation is 1. The maximum absolute atomic E-state index is 12.4. The Bertz CT molecular complexity index is 865. The van der Waals surface area contributed by atoms with Crippen molar-refractivity contribution in [2.45, 2.75) is 12.8 Å². The molecule has 0 saturated carbocycles. The van der Waals surface area contributed by atoms with Crippen molar-refractivity contribution in [1.29, 1.82) is 0 Å². The van der Waals surface area contributed by atoms with Crippen molar-refractivity contribution < 1.29 is 9.90 Å². The smallest absolute Gasteiger partial charge is 0.282 e. The van der Waals surface area contributed by atoms with Gasteiger partial charge in [-0.15, -0.1) is 11.3 Å². The topological polar surface area (TPSA) is 95.0 Å². The molecule has 1 aliphatic rings. The number of amides is 1. The van der Waals surface area contributed by atoms with Crippen molar-refractivity contribution in [2.24, 2.45) is 0 Å². The maximum atomic E-state index is 12.4. The third-order valence-electron chi connectivity index (χ3n) is 3.70. The number of fused-ring (bicyclic) bond motifs is 1. The SMILES string of the molecule is Cc1nc(C2CN(C(=O)c3nc4ccc(O)cc4s3)C2)n[nH]1. The van der Waals surface area contributed by atoms with Gasteiger partial charge in [-0.1, -0.05) is 0 Å². The summed E-state index contributed by atoms with van der Waals surface area (Å²) in [5.41, 5.74) is 0.729. The van der Waals surface area contributed by atoms with Crippen molar-refractivity contribution in [3.8, 4) is 5.75 Å². The van der Waals surface area contributed by atoms with E-state index >= 15 is 0 Å². The standard InChI is InChI=1S/C14H13N5O2S/c1-7-15-12(18-17-7)8-5-19(6-8)14(21)13-16-10-3-2-9(20)4-11(10)22-13/h2-4,8,20H,5-6H2,1H3,(H,15,17,18). The molecule has 3 heterocycles. The first-order valence-corrected chi connectivity index (χ1v) is 7.69. The Balaban J connectivity index is 1.50. The fourth-order valence-electron chi connectivity index (χ4n) is 2.49. The van der Waals surface area contributed by atoms with E-state index in [2.05, 4.69) is 20.2 Å². The highest BCUT2D eigenvalue weighted by Crippen LogP contribution is 2.30. The first kappa shape index (κ1) is 13.2. The predicted molar refractivity (Wildman–Crippen MR) is 81.0 cm³/mol. The lowest BCUT2D eigenvalue weighted by Gasteiger charge is -2.37. The number of carbonyl (C=O) groups is 1. The van der Waals surface area contributed by atoms with Gasteiger partial charge in [-0.05, 0) is 25.1 Å². The average molecular weight is 315 g/mol. The van der Waals surface area contributed by atoms with Crippen LogP contribution in [-0.2, 0) is 0 Å². The molecule has 1 fully saturated rings. The number of carbonyl (C=O) groups excluding carboxylic acids is 1. The van der Waals surface area contributed by atoms with Crippen molar-refractivity contribution >= 4 is 27.5 Å². The molecule has 1 saturated heterocycles. The van der Waals surface area contributed by atoms with Gasteiger partial charge < -0.3 is 10.0 Å². The van der Waals surface area contributed by atoms with Crippen LogP contribution in [0.4, 0.5) is 0 Å². The number of aromatic amines is 1. The number of aromatic hydroxyl groups is 1. The summed E-state index contributed by atoms with van der Waals surface area (Å²) in [4.78, 5) is 22.8. The third-order valence-corrected chi connectivity index (χ3v) is 4.71. The van der Waals surface area contributed by atoms with E-state index in [0.717, 1.165) is 21.9 Å². The predicted octanol–water partition coefficient (Wildman–Crippen LogP) is 1.67. The van der Waals surface area contributed by atoms with E-state index in [1.807, 2.05) is 6.92 Å². The van der Waals surface area contributed by atoms with E-state index < -0.39 is 0 Å². The molecule has 4 rings (SSSR count). The summed E-state index contributed by atoms with van der Waals surface area (Å²) in [6.45, 7) is 3.07. The molecule has 22 heavy (non-hydrogen) atoms. The van der Waals surface area contributed by atoms with E-state index in [1.54, 1.807) is 23.1 Å². The Morgan fingerprint density at radius 2 is 2.23 bits per heavy atom. The van der Waals surface area contributed by atoms with Crippen molar-refractivity contribution in [3.63, 3.8) is 0 Å². The summed E-state index contributed by atoms with van der Waals surface area (Å²) in [5, 5.41) is 16.9. The minimum atomic E-state index is -0.0794. The van der Waals surface area contributed by atoms with Crippen LogP contribution in [0, 0.1) is 6.92 Å². The lowest BCUT2D eigenvalue weighted by Crippen LogP contribution is -2.48. The van der Waals surface area contributed by atoms with E-state index in [9.17, 15) is 9.90 Å². The number of H-pyrrole nitrogens is 1. The molecule has 2 aromatic heterocycles. The minimum absolute atomic E-state index is 0.0794. The molecule has 0 unspecified atom stereocenters. The number of rotatable bonds is 2. The van der Waals surface area contributed by atoms with Crippen LogP contribution in [0.1, 0.15) is 27.4 Å². The van der Waals surface area contributed by atoms with Gasteiger partial charge in [-0.3, -0.25) is 9.89 Å². The molecule has 112 valence electrons. The summed E-state index contributed by atoms with van der Waals surface area (Å²) >= 11 is 1.30. The molecule has 2 N–H and O–H groups in total. The molecule has 7 nitrogen and oxygen atoms in total. The molecule has 0 bridgehead atoms. The van der Waals surface area contributed by atoms with Crippen LogP contribution in [0.5, 0.6) is 5.75 Å². The van der Waals surface area contributed by atoms with Gasteiger partial charge in [0.15, 0.2) is 10.8 Å². The first-order chi connectivity index (χ1) is 10.6. The summed E-state index contributed by atoms with van der Waals surface area (Å²) in [7, 11) is 0. The first-order valence-electron chi connectivity index (χ1n) is 6.88. The zero-order chi connectivity index (χ0) is 15.3. The number of phenols is 1. The number of hydrogen-bond donors (Lipinski definition) is 2. The summed E-state index contributed by atoms with van der Waals surface area (Å²) in [6.07, 6.45) is 0. The van der Waals surface area contributed by atoms with Gasteiger partial charge in [0.05, 0.1) is 16.1 Å². The number of likely N-dealkylation sites (tertiary alicyclic amines) is 1. The lowest BCUT2D eigenvalue weighted by molar-refractivity contribution is 0.0595. The Kier molecular flexibility index (Phi) is 2.86. The zero-order valence-electron chi connectivity index (χ0n) is 11.8. The van der Waals surface area contributed by atoms with Gasteiger partial charge in [0.2, 0.25) is 0 Å². The van der Waals surface area contributed by atoms with Crippen LogP contribution < -0.4 is 0 Å². The second kappa shape index (κ2) is 4.77. The van der Waals surface area contributed by atoms with Crippen LogP contribution in [0.25, 0.3) is 10.2 Å². The molecule has 1 aromatic carbocycles. The fraction of sp³-hybridized carbons (Fsp3) is 0.286. The van der Waals surface area contributed by atoms with Crippen molar-refractivity contribution in [2.75, 3.05) is 13.1 Å². The third kappa shape index (κ3) is 2.12. The summed E-state index contributed by atoms with van der Waals surface area (Å²) in [5.74, 6) is 1.83. The van der Waals surface area contributed by atoms with E-state index in [0.29, 0.717) is 18.1 Å². The molecule has 8 heteroatoms. The van der Waals surface area contributed by atoms with Gasteiger partial charge >= 0.3 is 0 Å². The number of benzene rings is 1. The van der Waals surface area contributed by atoms with Crippen LogP contribution in [0.3, 0.4) is 0 Å². The second-order valence-corrected chi connectivity index (χ2v) is 6.39. The second-order valence-electron chi connectivity index (χ2n) is 5.36. The maximum Gasteiger partial charge on any atom is 0.282 e. The number of aromatic nitrogens is 4. The Morgan fingerprint density at radius 3 is 2.95 bits per heavy atom. The largest absolute Gasteiger partial charge is 0.508 e. The van der Waals surface area contributed by atoms with E-state index in [1.165, 1.54) is 11.3 Å². The van der Waals surface area contributed by atoms with Gasteiger partial charge in [0.1, 0.15) is 11.6 Å². The normalized spacial score (nSPS) is 15.2. The molecule has 1 aliphatic heterocycles. The highest BCUT2D eigenvalue weighted by atomic mass is 32.1. The summed E-state index contributed by atoms with van der Waals surface area (Å²) < 4.78 is 0.810. The molecule has 0 aliphatic carbocycles. The van der Waals surface area contributed by atoms with Gasteiger partial charge in [-0.25, -0.2) is 9.97 Å². The summed E-state index contributed by atoms with van der Waals surface area (Å²) in [6, 6.07) is 4.91. The zero-order valence-corrected chi connectivity index (χ0v) is 12.6. The van der Waals surface area contributed by atoms with Crippen molar-refractivity contribution in [1.82, 2.24) is 25.1 Å². The minimum Gasteiger partial charge on any atom is -0.508 e. The Hall–Kier alpha value is -2.48. The molecule has 1 amide bonds. The van der Waals surface area contributed by atoms with Crippen molar-refractivity contribution in [3.05, 3.63) is 34.9 Å². The van der Waals surface area contributed by atoms with Gasteiger partial charge in [-0.2, -0.15) is 5.10 Å². The Morgan fingerprint density at radius 1 is 1.41 bits per heavy atom. The average Bonchev–Trinajstić information content (AvgIpc) is 3.03. The number of nitrogens with one attached hydrogen (secondary N) is 1. The number of nitrogens with zero attached hydrogens (tertiary/aromatic N) is 4. The fourth-order valence-corrected chi connectivity index (χ4v) is 3.46. The van der Waals surface area contributed by atoms with Gasteiger partial charge in [0, 0.05) is 13.1 Å². The number of phenolic OH excluding ortho intramolecular Hbond substituents is 1. The van der Waals surface area contributed by atoms with E-state index in [-0.39, 0.29) is 17.6 Å². The van der Waals surface area contributed by atoms with Gasteiger partial charge in [0.25, 0.3) is 5.91 Å². The van der Waals surface area contributed by atoms with E-state index in [4.69, 9.17) is 0 Å². The Labute approximate surface area is 129 Å². The highest BCUT2D eigenvalue weighted by Gasteiger charge is 2.35. The van der Waals surface area contributed by atoms with Crippen LogP contribution in [0.15, 0.2) is 18.2 Å². The monoisotopic (exact) mass is 315 g/mol. The number of thiazole rings is 1. The highest BCUT2D eigenvalue weighted by molar-refractivity contribution is 7.20. The van der Waals surface area contributed by atoms with Crippen LogP contribution >= 0.6 is 11.3 Å². The molecule has 0 radical (unpaired) electrons. The van der Waals surface area contributed by atoms with Crippen LogP contribution in [0.2, 0.25) is 0 Å². The molecular weight excluding hydrogens is 302 g/mol. The number of hydrogen-bond acceptors (Lipinski definition) is 6.